The van der Waals surface area contributed by atoms with Gasteiger partial charge in [-0.25, -0.2) is 9.37 Å². The van der Waals surface area contributed by atoms with Gasteiger partial charge in [0.2, 0.25) is 5.91 Å². The Kier molecular flexibility index (Phi) is 6.05. The molecule has 0 aliphatic heterocycles. The number of rotatable bonds is 6. The van der Waals surface area contributed by atoms with E-state index in [1.165, 1.54) is 12.1 Å². The second-order valence-corrected chi connectivity index (χ2v) is 9.82. The van der Waals surface area contributed by atoms with Crippen LogP contribution in [0.25, 0.3) is 55.6 Å². The van der Waals surface area contributed by atoms with Crippen LogP contribution >= 0.6 is 0 Å². The van der Waals surface area contributed by atoms with Crippen molar-refractivity contribution in [3.8, 4) is 33.6 Å². The molecule has 7 rings (SSSR count). The monoisotopic (exact) mass is 538 g/mol. The molecule has 0 radical (unpaired) electrons. The smallest absolute Gasteiger partial charge is 0.228 e. The molecule has 0 saturated heterocycles. The summed E-state index contributed by atoms with van der Waals surface area (Å²) >= 11 is 0. The van der Waals surface area contributed by atoms with E-state index < -0.39 is 0 Å². The minimum absolute atomic E-state index is 0.104. The van der Waals surface area contributed by atoms with E-state index in [2.05, 4.69) is 30.5 Å². The zero-order chi connectivity index (χ0) is 27.8. The third-order valence-corrected chi connectivity index (χ3v) is 7.05. The van der Waals surface area contributed by atoms with Crippen molar-refractivity contribution in [2.24, 2.45) is 0 Å². The number of fused-ring (bicyclic) bond motifs is 2. The number of carbonyl (C=O) groups excluding carboxylic acids is 1. The molecule has 0 aliphatic rings. The number of H-pyrrole nitrogens is 2. The molecule has 0 bridgehead atoms. The Hall–Kier alpha value is -5.63. The maximum absolute atomic E-state index is 13.9. The van der Waals surface area contributed by atoms with Crippen molar-refractivity contribution in [3.05, 3.63) is 121 Å². The summed E-state index contributed by atoms with van der Waals surface area (Å²) < 4.78 is 13.9. The quantitative estimate of drug-likeness (QED) is 0.209. The second-order valence-electron chi connectivity index (χ2n) is 9.82. The summed E-state index contributed by atoms with van der Waals surface area (Å²) in [4.78, 5) is 24.8. The van der Waals surface area contributed by atoms with Crippen LogP contribution in [0.15, 0.2) is 110 Å². The van der Waals surface area contributed by atoms with Crippen LogP contribution < -0.4 is 5.32 Å². The number of hydrogen-bond donors (Lipinski definition) is 3. The minimum Gasteiger partial charge on any atom is -0.338 e. The van der Waals surface area contributed by atoms with Crippen molar-refractivity contribution in [1.29, 1.82) is 0 Å². The predicted octanol–water partition coefficient (Wildman–Crippen LogP) is 7.16. The van der Waals surface area contributed by atoms with Gasteiger partial charge in [0.15, 0.2) is 0 Å². The lowest BCUT2D eigenvalue weighted by molar-refractivity contribution is -0.115. The molecular weight excluding hydrogens is 515 g/mol. The Morgan fingerprint density at radius 3 is 2.61 bits per heavy atom. The molecule has 0 unspecified atom stereocenters. The number of hydrogen-bond acceptors (Lipinski definition) is 4. The molecule has 3 aromatic carbocycles. The first kappa shape index (κ1) is 24.4. The number of halogens is 1. The highest BCUT2D eigenvalue weighted by molar-refractivity contribution is 6.01. The number of amides is 1. The fourth-order valence-corrected chi connectivity index (χ4v) is 5.11. The average Bonchev–Trinajstić information content (AvgIpc) is 3.61. The van der Waals surface area contributed by atoms with Gasteiger partial charge in [-0.3, -0.25) is 14.9 Å². The number of benzene rings is 3. The molecule has 0 fully saturated rings. The number of carbonyl (C=O) groups is 1. The van der Waals surface area contributed by atoms with Gasteiger partial charge in [-0.1, -0.05) is 48.5 Å². The molecule has 1 amide bonds. The lowest BCUT2D eigenvalue weighted by Crippen LogP contribution is -2.14. The molecule has 7 aromatic rings. The molecule has 0 spiro atoms. The van der Waals surface area contributed by atoms with Crippen molar-refractivity contribution in [2.45, 2.75) is 6.42 Å². The third-order valence-electron chi connectivity index (χ3n) is 7.05. The van der Waals surface area contributed by atoms with Gasteiger partial charge >= 0.3 is 0 Å². The summed E-state index contributed by atoms with van der Waals surface area (Å²) in [5.41, 5.74) is 8.13. The van der Waals surface area contributed by atoms with E-state index >= 15 is 0 Å². The Morgan fingerprint density at radius 2 is 1.73 bits per heavy atom. The Labute approximate surface area is 234 Å². The third kappa shape index (κ3) is 4.83. The molecular formula is C33H23FN6O. The number of nitrogens with one attached hydrogen (secondary N) is 3. The van der Waals surface area contributed by atoms with Crippen LogP contribution in [-0.2, 0) is 11.2 Å². The van der Waals surface area contributed by atoms with E-state index in [1.807, 2.05) is 72.8 Å². The van der Waals surface area contributed by atoms with E-state index in [0.717, 1.165) is 55.5 Å². The van der Waals surface area contributed by atoms with Crippen molar-refractivity contribution in [2.75, 3.05) is 5.32 Å². The van der Waals surface area contributed by atoms with Gasteiger partial charge in [-0.2, -0.15) is 5.10 Å². The Bertz CT molecular complexity index is 2050. The molecule has 0 atom stereocenters. The van der Waals surface area contributed by atoms with Crippen molar-refractivity contribution in [3.63, 3.8) is 0 Å². The zero-order valence-electron chi connectivity index (χ0n) is 21.7. The summed E-state index contributed by atoms with van der Waals surface area (Å²) in [7, 11) is 0. The van der Waals surface area contributed by atoms with Gasteiger partial charge in [-0.15, -0.1) is 0 Å². The zero-order valence-corrected chi connectivity index (χ0v) is 21.7. The normalized spacial score (nSPS) is 11.2. The molecule has 0 aliphatic carbocycles. The fraction of sp³-hybridized carbons (Fsp3) is 0.0303. The standard InChI is InChI=1S/C33H23FN6O/c34-24-8-4-7-22(14-24)26-11-12-36-33-27(26)17-30(38-33)32-28-16-21(9-10-29(28)39-40-32)23-15-25(19-35-18-23)37-31(41)13-20-5-2-1-3-6-20/h1-12,14-19H,13H2,(H,36,38)(H,37,41)(H,39,40). The number of aromatic nitrogens is 5. The summed E-state index contributed by atoms with van der Waals surface area (Å²) in [6.07, 6.45) is 5.41. The first-order chi connectivity index (χ1) is 20.1. The van der Waals surface area contributed by atoms with Crippen LogP contribution in [0.3, 0.4) is 0 Å². The molecule has 198 valence electrons. The van der Waals surface area contributed by atoms with Gasteiger partial charge in [-0.05, 0) is 64.7 Å². The first-order valence-corrected chi connectivity index (χ1v) is 13.1. The van der Waals surface area contributed by atoms with E-state index in [9.17, 15) is 9.18 Å². The van der Waals surface area contributed by atoms with Gasteiger partial charge in [0.25, 0.3) is 0 Å². The largest absolute Gasteiger partial charge is 0.338 e. The SMILES string of the molecule is O=C(Cc1ccccc1)Nc1cncc(-c2ccc3[nH]nc(-c4cc5c(-c6cccc(F)c6)ccnc5[nH]4)c3c2)c1. The van der Waals surface area contributed by atoms with E-state index in [0.29, 0.717) is 11.3 Å². The van der Waals surface area contributed by atoms with Crippen LogP contribution in [0.1, 0.15) is 5.56 Å². The van der Waals surface area contributed by atoms with Crippen molar-refractivity contribution < 1.29 is 9.18 Å². The van der Waals surface area contributed by atoms with E-state index in [1.54, 1.807) is 24.7 Å². The number of anilines is 1. The fourth-order valence-electron chi connectivity index (χ4n) is 5.11. The number of nitrogens with zero attached hydrogens (tertiary/aromatic N) is 3. The number of pyridine rings is 2. The Morgan fingerprint density at radius 1 is 0.829 bits per heavy atom. The van der Waals surface area contributed by atoms with Crippen LogP contribution in [0.5, 0.6) is 0 Å². The van der Waals surface area contributed by atoms with E-state index in [4.69, 9.17) is 0 Å². The summed E-state index contributed by atoms with van der Waals surface area (Å²) in [6.45, 7) is 0. The molecule has 41 heavy (non-hydrogen) atoms. The van der Waals surface area contributed by atoms with Gasteiger partial charge < -0.3 is 10.3 Å². The van der Waals surface area contributed by atoms with Crippen molar-refractivity contribution in [1.82, 2.24) is 25.1 Å². The summed E-state index contributed by atoms with van der Waals surface area (Å²) in [5.74, 6) is -0.392. The van der Waals surface area contributed by atoms with E-state index in [-0.39, 0.29) is 18.1 Å². The van der Waals surface area contributed by atoms with Crippen LogP contribution in [0.2, 0.25) is 0 Å². The van der Waals surface area contributed by atoms with Gasteiger partial charge in [0, 0.05) is 28.7 Å². The molecule has 3 N–H and O–H groups in total. The van der Waals surface area contributed by atoms with Crippen molar-refractivity contribution >= 4 is 33.5 Å². The lowest BCUT2D eigenvalue weighted by Gasteiger charge is -2.08. The highest BCUT2D eigenvalue weighted by Gasteiger charge is 2.15. The Balaban J connectivity index is 1.21. The highest BCUT2D eigenvalue weighted by Crippen LogP contribution is 2.35. The maximum Gasteiger partial charge on any atom is 0.228 e. The molecule has 4 heterocycles. The maximum atomic E-state index is 13.9. The van der Waals surface area contributed by atoms with Gasteiger partial charge in [0.05, 0.1) is 29.5 Å². The highest BCUT2D eigenvalue weighted by atomic mass is 19.1. The molecule has 7 nitrogen and oxygen atoms in total. The lowest BCUT2D eigenvalue weighted by atomic mass is 10.0. The van der Waals surface area contributed by atoms with Gasteiger partial charge in [0.1, 0.15) is 17.2 Å². The average molecular weight is 539 g/mol. The van der Waals surface area contributed by atoms with Crippen LogP contribution in [0, 0.1) is 5.82 Å². The van der Waals surface area contributed by atoms with Crippen LogP contribution in [-0.4, -0.2) is 31.1 Å². The molecule has 0 saturated carbocycles. The predicted molar refractivity (Wildman–Crippen MR) is 159 cm³/mol. The number of aromatic amines is 2. The van der Waals surface area contributed by atoms with Crippen LogP contribution in [0.4, 0.5) is 10.1 Å². The second kappa shape index (κ2) is 10.2. The summed E-state index contributed by atoms with van der Waals surface area (Å²) in [6, 6.07) is 28.0. The topological polar surface area (TPSA) is 99.3 Å². The molecule has 4 aromatic heterocycles. The molecule has 8 heteroatoms. The minimum atomic E-state index is -0.289. The summed E-state index contributed by atoms with van der Waals surface area (Å²) in [5, 5.41) is 12.5. The first-order valence-electron chi connectivity index (χ1n) is 13.1.